The molecule has 1 N–H and O–H groups in total. The first-order valence-corrected chi connectivity index (χ1v) is 11.4. The molecule has 2 aromatic heterocycles. The van der Waals surface area contributed by atoms with Gasteiger partial charge in [0.2, 0.25) is 5.88 Å². The number of aryl methyl sites for hydroxylation is 1. The highest BCUT2D eigenvalue weighted by Gasteiger charge is 2.30. The van der Waals surface area contributed by atoms with Gasteiger partial charge >= 0.3 is 6.09 Å². The molecule has 3 heterocycles. The standard InChI is InChI=1S/C23H20F2N4O4S/c1-11-5-13(19-16(6-11)28-18(31-2)10-26-19)22-29-17-8-15(25)20-14(21(17)34-22)7-12(33-20)9-27-23(30)32-4-3-24/h5-6,8,10,12H,3-4,7,9H2,1-2H3,(H,27,30)/t12-/m0/s1. The molecule has 8 nitrogen and oxygen atoms in total. The minimum atomic E-state index is -0.759. The average molecular weight is 487 g/mol. The van der Waals surface area contributed by atoms with Crippen LogP contribution >= 0.6 is 11.3 Å². The lowest BCUT2D eigenvalue weighted by molar-refractivity contribution is 0.131. The molecule has 1 aliphatic rings. The van der Waals surface area contributed by atoms with Crippen molar-refractivity contribution in [2.45, 2.75) is 19.4 Å². The summed E-state index contributed by atoms with van der Waals surface area (Å²) in [7, 11) is 1.53. The molecule has 0 fully saturated rings. The number of alkyl halides is 1. The number of benzene rings is 2. The molecule has 0 bridgehead atoms. The second kappa shape index (κ2) is 8.98. The predicted molar refractivity (Wildman–Crippen MR) is 123 cm³/mol. The lowest BCUT2D eigenvalue weighted by atomic mass is 10.1. The normalized spacial score (nSPS) is 14.8. The summed E-state index contributed by atoms with van der Waals surface area (Å²) in [5.41, 5.74) is 4.36. The molecular weight excluding hydrogens is 466 g/mol. The van der Waals surface area contributed by atoms with Crippen LogP contribution in [0.5, 0.6) is 11.6 Å². The summed E-state index contributed by atoms with van der Waals surface area (Å²) in [5.74, 6) is 0.0596. The van der Waals surface area contributed by atoms with Gasteiger partial charge in [0, 0.05) is 23.6 Å². The summed E-state index contributed by atoms with van der Waals surface area (Å²) in [4.78, 5) is 25.3. The SMILES string of the molecule is COc1cnc2c(-c3nc4cc(F)c5c(c4s3)C[C@@H](CNC(=O)OCCF)O5)cc(C)cc2n1. The summed E-state index contributed by atoms with van der Waals surface area (Å²) in [5, 5.41) is 3.20. The molecule has 11 heteroatoms. The van der Waals surface area contributed by atoms with E-state index in [0.29, 0.717) is 39.4 Å². The van der Waals surface area contributed by atoms with Crippen molar-refractivity contribution in [1.29, 1.82) is 0 Å². The van der Waals surface area contributed by atoms with Crippen LogP contribution in [0, 0.1) is 12.7 Å². The maximum absolute atomic E-state index is 14.8. The first-order valence-electron chi connectivity index (χ1n) is 10.5. The van der Waals surface area contributed by atoms with Gasteiger partial charge in [-0.05, 0) is 24.6 Å². The molecule has 34 heavy (non-hydrogen) atoms. The fourth-order valence-corrected chi connectivity index (χ4v) is 5.06. The number of fused-ring (bicyclic) bond motifs is 4. The van der Waals surface area contributed by atoms with Gasteiger partial charge in [0.25, 0.3) is 0 Å². The van der Waals surface area contributed by atoms with E-state index in [9.17, 15) is 13.6 Å². The molecule has 0 saturated heterocycles. The van der Waals surface area contributed by atoms with Crippen LogP contribution in [0.3, 0.4) is 0 Å². The molecule has 1 atom stereocenters. The molecule has 1 aliphatic heterocycles. The van der Waals surface area contributed by atoms with Crippen LogP contribution in [0.1, 0.15) is 11.1 Å². The monoisotopic (exact) mass is 486 g/mol. The van der Waals surface area contributed by atoms with Crippen LogP contribution < -0.4 is 14.8 Å². The van der Waals surface area contributed by atoms with E-state index in [2.05, 4.69) is 25.0 Å². The topological polar surface area (TPSA) is 95.5 Å². The lowest BCUT2D eigenvalue weighted by Crippen LogP contribution is -2.35. The summed E-state index contributed by atoms with van der Waals surface area (Å²) in [6.07, 6.45) is 0.722. The van der Waals surface area contributed by atoms with Gasteiger partial charge in [0.15, 0.2) is 11.6 Å². The number of halogens is 2. The van der Waals surface area contributed by atoms with Crippen LogP contribution in [0.15, 0.2) is 24.4 Å². The second-order valence-electron chi connectivity index (χ2n) is 7.78. The Bertz CT molecular complexity index is 1410. The Morgan fingerprint density at radius 1 is 1.29 bits per heavy atom. The van der Waals surface area contributed by atoms with Crippen molar-refractivity contribution < 1.29 is 27.8 Å². The minimum absolute atomic E-state index is 0.104. The molecule has 4 aromatic rings. The largest absolute Gasteiger partial charge is 0.485 e. The number of hydrogen-bond acceptors (Lipinski definition) is 8. The number of carbonyl (C=O) groups is 1. The third-order valence-corrected chi connectivity index (χ3v) is 6.56. The van der Waals surface area contributed by atoms with E-state index in [0.717, 1.165) is 15.8 Å². The predicted octanol–water partition coefficient (Wildman–Crippen LogP) is 4.36. The van der Waals surface area contributed by atoms with Gasteiger partial charge < -0.3 is 19.5 Å². The fraction of sp³-hybridized carbons (Fsp3) is 0.304. The number of nitrogens with one attached hydrogen (secondary N) is 1. The first-order chi connectivity index (χ1) is 16.5. The maximum Gasteiger partial charge on any atom is 0.407 e. The molecule has 0 saturated carbocycles. The highest BCUT2D eigenvalue weighted by atomic mass is 32.1. The zero-order valence-electron chi connectivity index (χ0n) is 18.4. The van der Waals surface area contributed by atoms with Crippen LogP contribution in [0.25, 0.3) is 31.8 Å². The van der Waals surface area contributed by atoms with E-state index in [1.165, 1.54) is 24.5 Å². The van der Waals surface area contributed by atoms with E-state index in [1.807, 2.05) is 19.1 Å². The van der Waals surface area contributed by atoms with Crippen molar-refractivity contribution >= 4 is 38.7 Å². The zero-order chi connectivity index (χ0) is 23.8. The van der Waals surface area contributed by atoms with Gasteiger partial charge in [0.05, 0.1) is 41.1 Å². The molecule has 1 amide bonds. The summed E-state index contributed by atoms with van der Waals surface area (Å²) < 4.78 is 43.4. The van der Waals surface area contributed by atoms with Gasteiger partial charge in [0.1, 0.15) is 24.4 Å². The van der Waals surface area contributed by atoms with E-state index in [4.69, 9.17) is 9.47 Å². The van der Waals surface area contributed by atoms with Crippen molar-refractivity contribution in [2.75, 3.05) is 26.9 Å². The average Bonchev–Trinajstić information content (AvgIpc) is 3.45. The number of methoxy groups -OCH3 is 1. The third-order valence-electron chi connectivity index (χ3n) is 5.39. The highest BCUT2D eigenvalue weighted by Crippen LogP contribution is 2.43. The summed E-state index contributed by atoms with van der Waals surface area (Å²) in [6.45, 7) is 0.984. The Labute approximate surface area is 196 Å². The van der Waals surface area contributed by atoms with Crippen molar-refractivity contribution in [3.8, 4) is 22.2 Å². The molecule has 0 unspecified atom stereocenters. The Balaban J connectivity index is 1.48. The molecule has 2 aromatic carbocycles. The molecule has 0 spiro atoms. The molecule has 5 rings (SSSR count). The summed E-state index contributed by atoms with van der Waals surface area (Å²) in [6, 6.07) is 5.25. The van der Waals surface area contributed by atoms with E-state index in [-0.39, 0.29) is 18.9 Å². The van der Waals surface area contributed by atoms with Crippen molar-refractivity contribution in [2.24, 2.45) is 0 Å². The van der Waals surface area contributed by atoms with Crippen molar-refractivity contribution in [3.05, 3.63) is 41.3 Å². The fourth-order valence-electron chi connectivity index (χ4n) is 3.95. The zero-order valence-corrected chi connectivity index (χ0v) is 19.2. The van der Waals surface area contributed by atoms with Gasteiger partial charge in [-0.2, -0.15) is 0 Å². The molecule has 176 valence electrons. The molecule has 0 aliphatic carbocycles. The number of hydrogen-bond donors (Lipinski definition) is 1. The highest BCUT2D eigenvalue weighted by molar-refractivity contribution is 7.22. The number of amides is 1. The van der Waals surface area contributed by atoms with Crippen LogP contribution in [-0.2, 0) is 11.2 Å². The lowest BCUT2D eigenvalue weighted by Gasteiger charge is -2.11. The van der Waals surface area contributed by atoms with E-state index >= 15 is 0 Å². The Kier molecular flexibility index (Phi) is 5.86. The molecule has 0 radical (unpaired) electrons. The summed E-state index contributed by atoms with van der Waals surface area (Å²) >= 11 is 1.42. The van der Waals surface area contributed by atoms with Crippen molar-refractivity contribution in [1.82, 2.24) is 20.3 Å². The van der Waals surface area contributed by atoms with E-state index in [1.54, 1.807) is 6.20 Å². The number of ether oxygens (including phenoxy) is 3. The van der Waals surface area contributed by atoms with Gasteiger partial charge in [-0.3, -0.25) is 0 Å². The van der Waals surface area contributed by atoms with Gasteiger partial charge in [-0.1, -0.05) is 0 Å². The smallest absolute Gasteiger partial charge is 0.407 e. The van der Waals surface area contributed by atoms with Crippen LogP contribution in [-0.4, -0.2) is 54.1 Å². The minimum Gasteiger partial charge on any atom is -0.485 e. The first kappa shape index (κ1) is 22.2. The van der Waals surface area contributed by atoms with Crippen molar-refractivity contribution in [3.63, 3.8) is 0 Å². The molecular formula is C23H20F2N4O4S. The Morgan fingerprint density at radius 2 is 2.15 bits per heavy atom. The second-order valence-corrected chi connectivity index (χ2v) is 8.77. The maximum atomic E-state index is 14.8. The van der Waals surface area contributed by atoms with Gasteiger partial charge in [-0.25, -0.2) is 28.5 Å². The Hall–Kier alpha value is -3.60. The number of alkyl carbamates (subject to hydrolysis) is 1. The quantitative estimate of drug-likeness (QED) is 0.433. The van der Waals surface area contributed by atoms with Gasteiger partial charge in [-0.15, -0.1) is 11.3 Å². The number of carbonyl (C=O) groups excluding carboxylic acids is 1. The number of rotatable bonds is 6. The Morgan fingerprint density at radius 3 is 2.94 bits per heavy atom. The van der Waals surface area contributed by atoms with E-state index < -0.39 is 24.7 Å². The third kappa shape index (κ3) is 4.07. The number of nitrogens with zero attached hydrogens (tertiary/aromatic N) is 3. The van der Waals surface area contributed by atoms with Crippen LogP contribution in [0.4, 0.5) is 13.6 Å². The van der Waals surface area contributed by atoms with Crippen LogP contribution in [0.2, 0.25) is 0 Å². The number of aromatic nitrogens is 3. The number of thiazole rings is 1.